The molecule has 1 heterocycles. The molecule has 2 rings (SSSR count). The predicted octanol–water partition coefficient (Wildman–Crippen LogP) is 2.20. The van der Waals surface area contributed by atoms with Gasteiger partial charge < -0.3 is 20.9 Å². The van der Waals surface area contributed by atoms with Crippen molar-refractivity contribution in [1.29, 1.82) is 0 Å². The minimum atomic E-state index is -5.08. The Morgan fingerprint density at radius 1 is 1.29 bits per heavy atom. The predicted molar refractivity (Wildman–Crippen MR) is 80.2 cm³/mol. The van der Waals surface area contributed by atoms with Gasteiger partial charge in [-0.15, -0.1) is 0 Å². The largest absolute Gasteiger partial charge is 0.490 e. The van der Waals surface area contributed by atoms with Crippen LogP contribution in [0.2, 0.25) is 5.02 Å². The summed E-state index contributed by atoms with van der Waals surface area (Å²) < 4.78 is 37.5. The Kier molecular flexibility index (Phi) is 7.30. The number of nitrogens with one attached hydrogen (secondary N) is 1. The normalized spacial score (nSPS) is 15.2. The van der Waals surface area contributed by atoms with Gasteiger partial charge in [0.1, 0.15) is 11.9 Å². The maximum absolute atomic E-state index is 11.3. The van der Waals surface area contributed by atoms with Crippen molar-refractivity contribution in [2.45, 2.75) is 25.1 Å². The molecule has 0 radical (unpaired) electrons. The fraction of sp³-hybridized carbons (Fsp3) is 0.429. The summed E-state index contributed by atoms with van der Waals surface area (Å²) in [5, 5.41) is 10.9. The van der Waals surface area contributed by atoms with Crippen LogP contribution in [0.15, 0.2) is 18.2 Å². The Morgan fingerprint density at radius 2 is 1.83 bits per heavy atom. The lowest BCUT2D eigenvalue weighted by Crippen LogP contribution is -2.34. The van der Waals surface area contributed by atoms with E-state index in [1.165, 1.54) is 0 Å². The Balaban J connectivity index is 0.000000351. The molecule has 1 aromatic rings. The molecular formula is C14H16ClF3N2O4. The number of amides is 1. The Bertz CT molecular complexity index is 590. The van der Waals surface area contributed by atoms with Crippen molar-refractivity contribution < 1.29 is 32.6 Å². The van der Waals surface area contributed by atoms with Crippen molar-refractivity contribution in [3.8, 4) is 5.75 Å². The lowest BCUT2D eigenvalue weighted by Gasteiger charge is -2.24. The highest BCUT2D eigenvalue weighted by Gasteiger charge is 2.38. The molecule has 10 heteroatoms. The topological polar surface area (TPSA) is 102 Å². The number of carbonyl (C=O) groups excluding carboxylic acids is 1. The first-order valence-electron chi connectivity index (χ1n) is 6.88. The van der Waals surface area contributed by atoms with Crippen LogP contribution in [0.1, 0.15) is 23.2 Å². The first-order chi connectivity index (χ1) is 11.1. The van der Waals surface area contributed by atoms with E-state index in [9.17, 15) is 18.0 Å². The number of nitrogens with two attached hydrogens (primary N) is 1. The van der Waals surface area contributed by atoms with Crippen molar-refractivity contribution in [1.82, 2.24) is 5.32 Å². The van der Waals surface area contributed by atoms with Crippen LogP contribution in [0.5, 0.6) is 5.75 Å². The van der Waals surface area contributed by atoms with Crippen molar-refractivity contribution in [3.63, 3.8) is 0 Å². The second kappa shape index (κ2) is 8.74. The number of piperidine rings is 1. The fourth-order valence-electron chi connectivity index (χ4n) is 1.89. The molecule has 24 heavy (non-hydrogen) atoms. The van der Waals surface area contributed by atoms with Crippen LogP contribution < -0.4 is 15.8 Å². The molecule has 0 saturated carbocycles. The number of carbonyl (C=O) groups is 2. The van der Waals surface area contributed by atoms with Gasteiger partial charge in [-0.1, -0.05) is 11.6 Å². The van der Waals surface area contributed by atoms with Crippen molar-refractivity contribution >= 4 is 23.5 Å². The highest BCUT2D eigenvalue weighted by Crippen LogP contribution is 2.25. The summed E-state index contributed by atoms with van der Waals surface area (Å²) in [7, 11) is 0. The van der Waals surface area contributed by atoms with Gasteiger partial charge in [0.2, 0.25) is 0 Å². The number of hydrogen-bond acceptors (Lipinski definition) is 4. The molecule has 0 bridgehead atoms. The fourth-order valence-corrected chi connectivity index (χ4v) is 2.06. The molecule has 0 aromatic heterocycles. The number of alkyl halides is 3. The number of rotatable bonds is 3. The van der Waals surface area contributed by atoms with Crippen molar-refractivity contribution in [2.24, 2.45) is 5.73 Å². The molecule has 1 fully saturated rings. The lowest BCUT2D eigenvalue weighted by molar-refractivity contribution is -0.192. The third-order valence-electron chi connectivity index (χ3n) is 3.03. The molecule has 0 unspecified atom stereocenters. The molecule has 0 spiro atoms. The Morgan fingerprint density at radius 3 is 2.29 bits per heavy atom. The SMILES string of the molecule is NC(=O)c1cc(Cl)ccc1OC1CCNCC1.O=C(O)C(F)(F)F. The summed E-state index contributed by atoms with van der Waals surface area (Å²) in [6.45, 7) is 1.87. The molecule has 1 aliphatic heterocycles. The molecule has 0 atom stereocenters. The maximum Gasteiger partial charge on any atom is 0.490 e. The van der Waals surface area contributed by atoms with Gasteiger partial charge >= 0.3 is 12.1 Å². The number of hydrogen-bond donors (Lipinski definition) is 3. The van der Waals surface area contributed by atoms with E-state index in [1.54, 1.807) is 18.2 Å². The molecule has 1 amide bonds. The van der Waals surface area contributed by atoms with Crippen LogP contribution in [0, 0.1) is 0 Å². The minimum absolute atomic E-state index is 0.135. The molecule has 134 valence electrons. The average molecular weight is 369 g/mol. The number of benzene rings is 1. The van der Waals surface area contributed by atoms with E-state index >= 15 is 0 Å². The number of ether oxygens (including phenoxy) is 1. The number of primary amides is 1. The van der Waals surface area contributed by atoms with Crippen molar-refractivity contribution in [3.05, 3.63) is 28.8 Å². The summed E-state index contributed by atoms with van der Waals surface area (Å²) in [5.74, 6) is -2.75. The number of aliphatic carboxylic acids is 1. The third kappa shape index (κ3) is 6.63. The van der Waals surface area contributed by atoms with Gasteiger partial charge in [0.25, 0.3) is 5.91 Å². The van der Waals surface area contributed by atoms with Gasteiger partial charge in [-0.3, -0.25) is 4.79 Å². The van der Waals surface area contributed by atoms with E-state index in [0.717, 1.165) is 25.9 Å². The molecular weight excluding hydrogens is 353 g/mol. The van der Waals surface area contributed by atoms with Gasteiger partial charge in [0.05, 0.1) is 5.56 Å². The summed E-state index contributed by atoms with van der Waals surface area (Å²) in [6.07, 6.45) is -3.09. The molecule has 1 aromatic carbocycles. The lowest BCUT2D eigenvalue weighted by atomic mass is 10.1. The zero-order valence-electron chi connectivity index (χ0n) is 12.4. The Hall–Kier alpha value is -2.00. The van der Waals surface area contributed by atoms with E-state index in [-0.39, 0.29) is 6.10 Å². The van der Waals surface area contributed by atoms with Gasteiger partial charge in [-0.2, -0.15) is 13.2 Å². The summed E-state index contributed by atoms with van der Waals surface area (Å²) >= 11 is 5.83. The van der Waals surface area contributed by atoms with E-state index in [1.807, 2.05) is 0 Å². The van der Waals surface area contributed by atoms with Crippen LogP contribution in [0.4, 0.5) is 13.2 Å². The number of carboxylic acid groups (broad SMARTS) is 1. The van der Waals surface area contributed by atoms with E-state index in [2.05, 4.69) is 5.32 Å². The highest BCUT2D eigenvalue weighted by atomic mass is 35.5. The second-order valence-electron chi connectivity index (χ2n) is 4.87. The first-order valence-corrected chi connectivity index (χ1v) is 7.26. The average Bonchev–Trinajstić information content (AvgIpc) is 2.49. The smallest absolute Gasteiger partial charge is 0.489 e. The second-order valence-corrected chi connectivity index (χ2v) is 5.31. The zero-order valence-corrected chi connectivity index (χ0v) is 13.2. The monoisotopic (exact) mass is 368 g/mol. The molecule has 4 N–H and O–H groups in total. The summed E-state index contributed by atoms with van der Waals surface area (Å²) in [6, 6.07) is 4.94. The van der Waals surface area contributed by atoms with Crippen LogP contribution in [-0.4, -0.2) is 42.4 Å². The van der Waals surface area contributed by atoms with Crippen LogP contribution in [-0.2, 0) is 4.79 Å². The van der Waals surface area contributed by atoms with E-state index in [4.69, 9.17) is 32.0 Å². The van der Waals surface area contributed by atoms with Crippen LogP contribution >= 0.6 is 11.6 Å². The highest BCUT2D eigenvalue weighted by molar-refractivity contribution is 6.31. The van der Waals surface area contributed by atoms with Gasteiger partial charge in [-0.25, -0.2) is 4.79 Å². The maximum atomic E-state index is 11.3. The quantitative estimate of drug-likeness (QED) is 0.759. The first kappa shape index (κ1) is 20.0. The molecule has 6 nitrogen and oxygen atoms in total. The van der Waals surface area contributed by atoms with Gasteiger partial charge in [-0.05, 0) is 44.1 Å². The molecule has 1 aliphatic rings. The van der Waals surface area contributed by atoms with Crippen molar-refractivity contribution in [2.75, 3.05) is 13.1 Å². The van der Waals surface area contributed by atoms with Gasteiger partial charge in [0.15, 0.2) is 0 Å². The Labute approximate surface area is 140 Å². The van der Waals surface area contributed by atoms with Gasteiger partial charge in [0, 0.05) is 5.02 Å². The molecule has 0 aliphatic carbocycles. The van der Waals surface area contributed by atoms with Crippen LogP contribution in [0.25, 0.3) is 0 Å². The number of carboxylic acids is 1. The van der Waals surface area contributed by atoms with E-state index < -0.39 is 18.1 Å². The standard InChI is InChI=1S/C12H15ClN2O2.C2HF3O2/c13-8-1-2-11(10(7-8)12(14)16)17-9-3-5-15-6-4-9;3-2(4,5)1(6)7/h1-2,7,9,15H,3-6H2,(H2,14,16);(H,6,7). The summed E-state index contributed by atoms with van der Waals surface area (Å²) in [5.41, 5.74) is 5.64. The van der Waals surface area contributed by atoms with E-state index in [0.29, 0.717) is 16.3 Å². The number of halogens is 4. The third-order valence-corrected chi connectivity index (χ3v) is 3.26. The minimum Gasteiger partial charge on any atom is -0.489 e. The summed E-state index contributed by atoms with van der Waals surface area (Å²) in [4.78, 5) is 20.2. The molecule has 1 saturated heterocycles. The zero-order chi connectivity index (χ0) is 18.3. The van der Waals surface area contributed by atoms with Crippen LogP contribution in [0.3, 0.4) is 0 Å².